The highest BCUT2D eigenvalue weighted by Crippen LogP contribution is 2.17. The van der Waals surface area contributed by atoms with E-state index >= 15 is 0 Å². The average Bonchev–Trinajstić information content (AvgIpc) is 2.69. The Hall–Kier alpha value is -2.04. The molecule has 0 bridgehead atoms. The molecule has 5 heteroatoms. The zero-order valence-electron chi connectivity index (χ0n) is 12.6. The van der Waals surface area contributed by atoms with Crippen LogP contribution in [-0.2, 0) is 17.6 Å². The first kappa shape index (κ1) is 15.4. The van der Waals surface area contributed by atoms with Gasteiger partial charge in [0.05, 0.1) is 0 Å². The number of urea groups is 1. The van der Waals surface area contributed by atoms with Crippen molar-refractivity contribution in [3.8, 4) is 0 Å². The number of rotatable bonds is 3. The van der Waals surface area contributed by atoms with E-state index in [0.717, 1.165) is 12.8 Å². The molecule has 0 saturated carbocycles. The molecule has 5 nitrogen and oxygen atoms in total. The van der Waals surface area contributed by atoms with Gasteiger partial charge in [0.2, 0.25) is 0 Å². The fourth-order valence-electron chi connectivity index (χ4n) is 2.83. The number of carboxylic acid groups (broad SMARTS) is 1. The summed E-state index contributed by atoms with van der Waals surface area (Å²) in [5, 5.41) is 9.18. The summed E-state index contributed by atoms with van der Waals surface area (Å²) >= 11 is 0. The Morgan fingerprint density at radius 1 is 1.24 bits per heavy atom. The maximum Gasteiger partial charge on any atom is 0.326 e. The topological polar surface area (TPSA) is 60.9 Å². The zero-order valence-corrected chi connectivity index (χ0v) is 12.6. The van der Waals surface area contributed by atoms with Gasteiger partial charge in [0.1, 0.15) is 6.04 Å². The van der Waals surface area contributed by atoms with Crippen LogP contribution in [-0.4, -0.2) is 53.1 Å². The summed E-state index contributed by atoms with van der Waals surface area (Å²) in [7, 11) is 1.57. The highest BCUT2D eigenvalue weighted by Gasteiger charge is 2.28. The van der Waals surface area contributed by atoms with Crippen molar-refractivity contribution in [3.05, 3.63) is 35.4 Å². The van der Waals surface area contributed by atoms with Gasteiger partial charge in [0.15, 0.2) is 0 Å². The minimum Gasteiger partial charge on any atom is -0.480 e. The van der Waals surface area contributed by atoms with Gasteiger partial charge in [0.25, 0.3) is 0 Å². The predicted octanol–water partition coefficient (Wildman–Crippen LogP) is 2.00. The molecule has 0 fully saturated rings. The van der Waals surface area contributed by atoms with Crippen LogP contribution in [0, 0.1) is 0 Å². The third-order valence-corrected chi connectivity index (χ3v) is 4.13. The highest BCUT2D eigenvalue weighted by atomic mass is 16.4. The molecule has 114 valence electrons. The summed E-state index contributed by atoms with van der Waals surface area (Å²) < 4.78 is 0. The number of nitrogens with zero attached hydrogens (tertiary/aromatic N) is 2. The van der Waals surface area contributed by atoms with Crippen LogP contribution in [0.4, 0.5) is 4.79 Å². The number of fused-ring (bicyclic) bond motifs is 1. The second kappa shape index (κ2) is 6.61. The molecule has 2 amide bonds. The van der Waals surface area contributed by atoms with E-state index in [-0.39, 0.29) is 6.03 Å². The van der Waals surface area contributed by atoms with Crippen LogP contribution in [0.15, 0.2) is 24.3 Å². The Balaban J connectivity index is 2.06. The molecule has 1 atom stereocenters. The van der Waals surface area contributed by atoms with Crippen LogP contribution in [0.3, 0.4) is 0 Å². The fraction of sp³-hybridized carbons (Fsp3) is 0.500. The molecule has 1 aliphatic rings. The van der Waals surface area contributed by atoms with E-state index in [9.17, 15) is 14.7 Å². The molecule has 0 aliphatic carbocycles. The summed E-state index contributed by atoms with van der Waals surface area (Å²) in [6, 6.07) is 7.26. The maximum absolute atomic E-state index is 12.5. The Morgan fingerprint density at radius 3 is 2.19 bits per heavy atom. The quantitative estimate of drug-likeness (QED) is 0.926. The Labute approximate surface area is 125 Å². The smallest absolute Gasteiger partial charge is 0.326 e. The van der Waals surface area contributed by atoms with E-state index in [2.05, 4.69) is 12.1 Å². The third-order valence-electron chi connectivity index (χ3n) is 4.13. The number of hydrogen-bond acceptors (Lipinski definition) is 2. The first-order chi connectivity index (χ1) is 10.0. The SMILES string of the molecule is CCC(C(=O)O)N(C)C(=O)N1CCc2ccccc2CC1. The molecule has 2 rings (SSSR count). The largest absolute Gasteiger partial charge is 0.480 e. The summed E-state index contributed by atoms with van der Waals surface area (Å²) in [5.41, 5.74) is 2.56. The predicted molar refractivity (Wildman–Crippen MR) is 80.3 cm³/mol. The lowest BCUT2D eigenvalue weighted by molar-refractivity contribution is -0.142. The van der Waals surface area contributed by atoms with E-state index in [1.807, 2.05) is 12.1 Å². The molecule has 0 radical (unpaired) electrons. The van der Waals surface area contributed by atoms with E-state index in [1.165, 1.54) is 16.0 Å². The van der Waals surface area contributed by atoms with Crippen molar-refractivity contribution >= 4 is 12.0 Å². The van der Waals surface area contributed by atoms with Crippen LogP contribution >= 0.6 is 0 Å². The second-order valence-corrected chi connectivity index (χ2v) is 5.41. The van der Waals surface area contributed by atoms with E-state index in [0.29, 0.717) is 19.5 Å². The average molecular weight is 290 g/mol. The van der Waals surface area contributed by atoms with Gasteiger partial charge in [-0.2, -0.15) is 0 Å². The minimum absolute atomic E-state index is 0.197. The molecule has 1 N–H and O–H groups in total. The molecule has 1 aromatic carbocycles. The molecule has 1 heterocycles. The zero-order chi connectivity index (χ0) is 15.4. The lowest BCUT2D eigenvalue weighted by Crippen LogP contribution is -2.49. The number of benzene rings is 1. The number of aliphatic carboxylic acids is 1. The van der Waals surface area contributed by atoms with Gasteiger partial charge in [0, 0.05) is 20.1 Å². The molecule has 0 saturated heterocycles. The monoisotopic (exact) mass is 290 g/mol. The summed E-state index contributed by atoms with van der Waals surface area (Å²) in [5.74, 6) is -0.952. The summed E-state index contributed by atoms with van der Waals surface area (Å²) in [4.78, 5) is 26.8. The maximum atomic E-state index is 12.5. The molecule has 1 unspecified atom stereocenters. The Morgan fingerprint density at radius 2 is 1.76 bits per heavy atom. The van der Waals surface area contributed by atoms with Crippen molar-refractivity contribution < 1.29 is 14.7 Å². The second-order valence-electron chi connectivity index (χ2n) is 5.41. The van der Waals surface area contributed by atoms with Gasteiger partial charge in [-0.05, 0) is 30.4 Å². The van der Waals surface area contributed by atoms with Crippen molar-refractivity contribution in [2.45, 2.75) is 32.2 Å². The van der Waals surface area contributed by atoms with Crippen LogP contribution in [0.5, 0.6) is 0 Å². The highest BCUT2D eigenvalue weighted by molar-refractivity contribution is 5.82. The van der Waals surface area contributed by atoms with Crippen molar-refractivity contribution in [2.75, 3.05) is 20.1 Å². The van der Waals surface area contributed by atoms with Crippen LogP contribution < -0.4 is 0 Å². The van der Waals surface area contributed by atoms with Gasteiger partial charge >= 0.3 is 12.0 Å². The third kappa shape index (κ3) is 3.35. The van der Waals surface area contributed by atoms with Gasteiger partial charge in [-0.3, -0.25) is 0 Å². The summed E-state index contributed by atoms with van der Waals surface area (Å²) in [6.07, 6.45) is 2.05. The lowest BCUT2D eigenvalue weighted by Gasteiger charge is -2.30. The van der Waals surface area contributed by atoms with Gasteiger partial charge in [-0.1, -0.05) is 31.2 Å². The number of carbonyl (C=O) groups excluding carboxylic acids is 1. The first-order valence-corrected chi connectivity index (χ1v) is 7.36. The molecule has 1 aromatic rings. The lowest BCUT2D eigenvalue weighted by atomic mass is 10.0. The van der Waals surface area contributed by atoms with Crippen LogP contribution in [0.25, 0.3) is 0 Å². The number of carboxylic acids is 1. The van der Waals surface area contributed by atoms with Crippen LogP contribution in [0.2, 0.25) is 0 Å². The number of carbonyl (C=O) groups is 2. The first-order valence-electron chi connectivity index (χ1n) is 7.36. The van der Waals surface area contributed by atoms with Crippen molar-refractivity contribution in [3.63, 3.8) is 0 Å². The Bertz CT molecular complexity index is 503. The van der Waals surface area contributed by atoms with Gasteiger partial charge in [-0.25, -0.2) is 9.59 Å². The fourth-order valence-corrected chi connectivity index (χ4v) is 2.83. The molecular formula is C16H22N2O3. The standard InChI is InChI=1S/C16H22N2O3/c1-3-14(15(19)20)17(2)16(21)18-10-8-12-6-4-5-7-13(12)9-11-18/h4-7,14H,3,8-11H2,1-2H3,(H,19,20). The number of hydrogen-bond donors (Lipinski definition) is 1. The van der Waals surface area contributed by atoms with E-state index in [4.69, 9.17) is 0 Å². The molecular weight excluding hydrogens is 268 g/mol. The van der Waals surface area contributed by atoms with Gasteiger partial charge in [-0.15, -0.1) is 0 Å². The van der Waals surface area contributed by atoms with Crippen molar-refractivity contribution in [1.29, 1.82) is 0 Å². The minimum atomic E-state index is -0.952. The molecule has 0 spiro atoms. The van der Waals surface area contributed by atoms with Crippen LogP contribution in [0.1, 0.15) is 24.5 Å². The van der Waals surface area contributed by atoms with Crippen molar-refractivity contribution in [2.24, 2.45) is 0 Å². The van der Waals surface area contributed by atoms with E-state index < -0.39 is 12.0 Å². The van der Waals surface area contributed by atoms with Gasteiger partial charge < -0.3 is 14.9 Å². The van der Waals surface area contributed by atoms with Crippen molar-refractivity contribution in [1.82, 2.24) is 9.80 Å². The number of amides is 2. The molecule has 21 heavy (non-hydrogen) atoms. The molecule has 1 aliphatic heterocycles. The molecule has 0 aromatic heterocycles. The van der Waals surface area contributed by atoms with E-state index in [1.54, 1.807) is 18.9 Å². The summed E-state index contributed by atoms with van der Waals surface area (Å²) in [6.45, 7) is 3.05. The Kier molecular flexibility index (Phi) is 4.83. The normalized spacial score (nSPS) is 15.8. The number of likely N-dealkylation sites (N-methyl/N-ethyl adjacent to an activating group) is 1.